The van der Waals surface area contributed by atoms with Crippen molar-refractivity contribution in [2.24, 2.45) is 0 Å². The lowest BCUT2D eigenvalue weighted by Crippen LogP contribution is -1.87. The number of hydrogen-bond acceptors (Lipinski definition) is 3. The van der Waals surface area contributed by atoms with Crippen LogP contribution in [0, 0.1) is 11.5 Å². The molecule has 56 valence electrons. The number of nitriles is 1. The van der Waals surface area contributed by atoms with Crippen molar-refractivity contribution < 1.29 is 5.11 Å². The maximum Gasteiger partial charge on any atom is 0.181 e. The van der Waals surface area contributed by atoms with Crippen molar-refractivity contribution in [3.05, 3.63) is 29.8 Å². The third-order valence-electron chi connectivity index (χ3n) is 1.34. The van der Waals surface area contributed by atoms with Crippen molar-refractivity contribution in [2.45, 2.75) is 6.61 Å². The smallest absolute Gasteiger partial charge is 0.181 e. The van der Waals surface area contributed by atoms with E-state index in [0.29, 0.717) is 0 Å². The summed E-state index contributed by atoms with van der Waals surface area (Å²) in [5.74, 6) is 0. The lowest BCUT2D eigenvalue weighted by atomic mass is 10.2. The average molecular weight is 148 g/mol. The Hall–Kier alpha value is -1.53. The Morgan fingerprint density at radius 1 is 1.36 bits per heavy atom. The molecule has 0 bridgehead atoms. The van der Waals surface area contributed by atoms with Gasteiger partial charge in [0.2, 0.25) is 0 Å². The fraction of sp³-hybridized carbons (Fsp3) is 0.125. The normalized spacial score (nSPS) is 8.73. The van der Waals surface area contributed by atoms with Crippen LogP contribution >= 0.6 is 0 Å². The molecule has 0 saturated carbocycles. The van der Waals surface area contributed by atoms with E-state index >= 15 is 0 Å². The molecule has 1 rings (SSSR count). The molecule has 0 aliphatic rings. The SMILES string of the molecule is N#CNc1ccc(CO)cc1. The highest BCUT2D eigenvalue weighted by Gasteiger charge is 1.90. The Labute approximate surface area is 64.9 Å². The van der Waals surface area contributed by atoms with E-state index in [1.807, 2.05) is 6.19 Å². The summed E-state index contributed by atoms with van der Waals surface area (Å²) in [5, 5.41) is 19.4. The number of anilines is 1. The van der Waals surface area contributed by atoms with Gasteiger partial charge in [0.05, 0.1) is 6.61 Å². The number of aliphatic hydroxyl groups is 1. The first-order valence-electron chi connectivity index (χ1n) is 3.21. The fourth-order valence-electron chi connectivity index (χ4n) is 0.758. The molecule has 0 fully saturated rings. The average Bonchev–Trinajstić information content (AvgIpc) is 2.07. The summed E-state index contributed by atoms with van der Waals surface area (Å²) in [6, 6.07) is 7.02. The van der Waals surface area contributed by atoms with Crippen LogP contribution in [0.1, 0.15) is 5.56 Å². The molecule has 0 spiro atoms. The first kappa shape index (κ1) is 7.58. The zero-order valence-corrected chi connectivity index (χ0v) is 5.91. The fourth-order valence-corrected chi connectivity index (χ4v) is 0.758. The second kappa shape index (κ2) is 3.59. The molecule has 0 unspecified atom stereocenters. The van der Waals surface area contributed by atoms with Crippen molar-refractivity contribution in [2.75, 3.05) is 5.32 Å². The van der Waals surface area contributed by atoms with Crippen LogP contribution in [0.15, 0.2) is 24.3 Å². The molecular weight excluding hydrogens is 140 g/mol. The minimum Gasteiger partial charge on any atom is -0.392 e. The van der Waals surface area contributed by atoms with Crippen molar-refractivity contribution in [3.8, 4) is 6.19 Å². The van der Waals surface area contributed by atoms with Crippen molar-refractivity contribution in [3.63, 3.8) is 0 Å². The van der Waals surface area contributed by atoms with Gasteiger partial charge in [-0.2, -0.15) is 5.26 Å². The van der Waals surface area contributed by atoms with Gasteiger partial charge < -0.3 is 5.11 Å². The first-order valence-corrected chi connectivity index (χ1v) is 3.21. The Kier molecular flexibility index (Phi) is 2.47. The number of benzene rings is 1. The van der Waals surface area contributed by atoms with Crippen LogP contribution < -0.4 is 5.32 Å². The van der Waals surface area contributed by atoms with Crippen LogP contribution in [0.2, 0.25) is 0 Å². The van der Waals surface area contributed by atoms with Crippen molar-refractivity contribution in [1.29, 1.82) is 5.26 Å². The predicted molar refractivity (Wildman–Crippen MR) is 41.6 cm³/mol. The molecule has 11 heavy (non-hydrogen) atoms. The second-order valence-electron chi connectivity index (χ2n) is 2.09. The van der Waals surface area contributed by atoms with Crippen LogP contribution in [0.4, 0.5) is 5.69 Å². The molecule has 0 amide bonds. The summed E-state index contributed by atoms with van der Waals surface area (Å²) in [4.78, 5) is 0. The van der Waals surface area contributed by atoms with E-state index in [2.05, 4.69) is 5.32 Å². The van der Waals surface area contributed by atoms with Gasteiger partial charge in [-0.05, 0) is 17.7 Å². The molecule has 0 saturated heterocycles. The summed E-state index contributed by atoms with van der Waals surface area (Å²) in [7, 11) is 0. The van der Waals surface area contributed by atoms with Crippen LogP contribution in [0.25, 0.3) is 0 Å². The second-order valence-corrected chi connectivity index (χ2v) is 2.09. The van der Waals surface area contributed by atoms with Gasteiger partial charge in [-0.3, -0.25) is 5.32 Å². The van der Waals surface area contributed by atoms with Gasteiger partial charge >= 0.3 is 0 Å². The van der Waals surface area contributed by atoms with Gasteiger partial charge in [-0.1, -0.05) is 12.1 Å². The zero-order chi connectivity index (χ0) is 8.10. The van der Waals surface area contributed by atoms with E-state index in [9.17, 15) is 0 Å². The Morgan fingerprint density at radius 2 is 2.00 bits per heavy atom. The maximum absolute atomic E-state index is 8.67. The van der Waals surface area contributed by atoms with Gasteiger partial charge in [0.15, 0.2) is 6.19 Å². The topological polar surface area (TPSA) is 56.0 Å². The molecule has 1 aromatic rings. The molecular formula is C8H8N2O. The summed E-state index contributed by atoms with van der Waals surface area (Å²) in [6.45, 7) is 0.0346. The van der Waals surface area contributed by atoms with E-state index in [1.54, 1.807) is 24.3 Å². The molecule has 0 aliphatic heterocycles. The predicted octanol–water partition coefficient (Wildman–Crippen LogP) is 1.07. The van der Waals surface area contributed by atoms with Crippen molar-refractivity contribution in [1.82, 2.24) is 0 Å². The molecule has 0 aliphatic carbocycles. The van der Waals surface area contributed by atoms with Gasteiger partial charge in [0.25, 0.3) is 0 Å². The first-order chi connectivity index (χ1) is 5.36. The molecule has 0 aromatic heterocycles. The van der Waals surface area contributed by atoms with E-state index in [-0.39, 0.29) is 6.61 Å². The van der Waals surface area contributed by atoms with Crippen LogP contribution in [-0.2, 0) is 6.61 Å². The van der Waals surface area contributed by atoms with Gasteiger partial charge in [0, 0.05) is 5.69 Å². The Morgan fingerprint density at radius 3 is 2.45 bits per heavy atom. The Bertz CT molecular complexity index is 260. The number of aliphatic hydroxyl groups excluding tert-OH is 1. The number of nitrogens with one attached hydrogen (secondary N) is 1. The summed E-state index contributed by atoms with van der Waals surface area (Å²) < 4.78 is 0. The monoisotopic (exact) mass is 148 g/mol. The Balaban J connectivity index is 2.76. The van der Waals surface area contributed by atoms with E-state index in [0.717, 1.165) is 11.3 Å². The van der Waals surface area contributed by atoms with Gasteiger partial charge in [0.1, 0.15) is 0 Å². The molecule has 3 nitrogen and oxygen atoms in total. The third-order valence-corrected chi connectivity index (χ3v) is 1.34. The summed E-state index contributed by atoms with van der Waals surface area (Å²) in [6.07, 6.45) is 1.81. The molecule has 2 N–H and O–H groups in total. The van der Waals surface area contributed by atoms with Crippen LogP contribution in [-0.4, -0.2) is 5.11 Å². The molecule has 0 heterocycles. The van der Waals surface area contributed by atoms with E-state index in [1.165, 1.54) is 0 Å². The molecule has 0 atom stereocenters. The summed E-state index contributed by atoms with van der Waals surface area (Å²) >= 11 is 0. The van der Waals surface area contributed by atoms with Gasteiger partial charge in [-0.25, -0.2) is 0 Å². The van der Waals surface area contributed by atoms with Crippen LogP contribution in [0.3, 0.4) is 0 Å². The van der Waals surface area contributed by atoms with Crippen molar-refractivity contribution >= 4 is 5.69 Å². The maximum atomic E-state index is 8.67. The van der Waals surface area contributed by atoms with E-state index < -0.39 is 0 Å². The number of nitrogens with zero attached hydrogens (tertiary/aromatic N) is 1. The lowest BCUT2D eigenvalue weighted by molar-refractivity contribution is 0.282. The zero-order valence-electron chi connectivity index (χ0n) is 5.91. The lowest BCUT2D eigenvalue weighted by Gasteiger charge is -1.97. The van der Waals surface area contributed by atoms with E-state index in [4.69, 9.17) is 10.4 Å². The molecule has 0 radical (unpaired) electrons. The number of rotatable bonds is 2. The van der Waals surface area contributed by atoms with Gasteiger partial charge in [-0.15, -0.1) is 0 Å². The summed E-state index contributed by atoms with van der Waals surface area (Å²) in [5.41, 5.74) is 1.58. The third kappa shape index (κ3) is 1.95. The number of hydrogen-bond donors (Lipinski definition) is 2. The highest BCUT2D eigenvalue weighted by atomic mass is 16.3. The minimum atomic E-state index is 0.0346. The molecule has 1 aromatic carbocycles. The standard InChI is InChI=1S/C8H8N2O/c9-6-10-8-3-1-7(5-11)2-4-8/h1-4,10-11H,5H2. The highest BCUT2D eigenvalue weighted by Crippen LogP contribution is 2.08. The molecule has 3 heteroatoms. The highest BCUT2D eigenvalue weighted by molar-refractivity contribution is 5.47. The largest absolute Gasteiger partial charge is 0.392 e. The quantitative estimate of drug-likeness (QED) is 0.487. The minimum absolute atomic E-state index is 0.0346. The van der Waals surface area contributed by atoms with Crippen LogP contribution in [0.5, 0.6) is 0 Å².